The number of hydrogen-bond donors (Lipinski definition) is 2. The molecule has 192 valence electrons. The van der Waals surface area contributed by atoms with Gasteiger partial charge in [0.15, 0.2) is 0 Å². The lowest BCUT2D eigenvalue weighted by Gasteiger charge is -2.37. The summed E-state index contributed by atoms with van der Waals surface area (Å²) in [6.45, 7) is 8.25. The van der Waals surface area contributed by atoms with Crippen LogP contribution in [0.25, 0.3) is 5.69 Å². The third-order valence-electron chi connectivity index (χ3n) is 7.54. The molecule has 1 spiro atoms. The summed E-state index contributed by atoms with van der Waals surface area (Å²) in [6.07, 6.45) is 5.69. The molecule has 0 atom stereocenters. The van der Waals surface area contributed by atoms with E-state index >= 15 is 0 Å². The summed E-state index contributed by atoms with van der Waals surface area (Å²) in [5, 5.41) is 2.70. The van der Waals surface area contributed by atoms with Crippen LogP contribution in [0.2, 0.25) is 0 Å². The zero-order valence-corrected chi connectivity index (χ0v) is 21.1. The first-order valence-electron chi connectivity index (χ1n) is 12.7. The van der Waals surface area contributed by atoms with E-state index in [4.69, 9.17) is 5.73 Å². The van der Waals surface area contributed by atoms with Crippen molar-refractivity contribution in [3.05, 3.63) is 52.6 Å². The Balaban J connectivity index is 1.16. The molecule has 2 aromatic rings. The number of nitrogens with two attached hydrogens (primary N) is 1. The molecule has 1 aliphatic carbocycles. The highest BCUT2D eigenvalue weighted by molar-refractivity contribution is 5.89. The van der Waals surface area contributed by atoms with E-state index in [1.807, 2.05) is 12.1 Å². The second-order valence-electron chi connectivity index (χ2n) is 11.0. The van der Waals surface area contributed by atoms with Crippen LogP contribution in [0.15, 0.2) is 41.3 Å². The topological polar surface area (TPSA) is 117 Å². The largest absolute Gasteiger partial charge is 0.354 e. The Morgan fingerprint density at radius 1 is 1.00 bits per heavy atom. The number of anilines is 1. The summed E-state index contributed by atoms with van der Waals surface area (Å²) < 4.78 is 1.47. The van der Waals surface area contributed by atoms with E-state index in [9.17, 15) is 14.4 Å². The third kappa shape index (κ3) is 5.29. The van der Waals surface area contributed by atoms with E-state index in [1.54, 1.807) is 35.9 Å². The van der Waals surface area contributed by atoms with Crippen molar-refractivity contribution in [3.63, 3.8) is 0 Å². The van der Waals surface area contributed by atoms with Crippen LogP contribution in [-0.4, -0.2) is 81.0 Å². The summed E-state index contributed by atoms with van der Waals surface area (Å²) in [5.41, 5.74) is 7.08. The predicted molar refractivity (Wildman–Crippen MR) is 137 cm³/mol. The zero-order valence-electron chi connectivity index (χ0n) is 21.1. The van der Waals surface area contributed by atoms with Crippen molar-refractivity contribution < 1.29 is 9.59 Å². The molecule has 3 fully saturated rings. The molecule has 10 heteroatoms. The van der Waals surface area contributed by atoms with E-state index in [1.165, 1.54) is 35.9 Å². The molecule has 2 aliphatic heterocycles. The van der Waals surface area contributed by atoms with Gasteiger partial charge in [0.25, 0.3) is 0 Å². The van der Waals surface area contributed by atoms with Crippen molar-refractivity contribution in [2.75, 3.05) is 44.6 Å². The number of benzene rings is 1. The number of carbonyl (C=O) groups is 2. The molecule has 1 saturated carbocycles. The fourth-order valence-corrected chi connectivity index (χ4v) is 5.15. The Kier molecular flexibility index (Phi) is 6.34. The van der Waals surface area contributed by atoms with Gasteiger partial charge in [-0.05, 0) is 68.8 Å². The summed E-state index contributed by atoms with van der Waals surface area (Å²) in [4.78, 5) is 47.5. The molecule has 3 amide bonds. The van der Waals surface area contributed by atoms with Gasteiger partial charge in [0.1, 0.15) is 5.82 Å². The first-order chi connectivity index (χ1) is 17.1. The number of nitrogens with zero attached hydrogens (tertiary/aromatic N) is 5. The fraction of sp³-hybridized carbons (Fsp3) is 0.538. The lowest BCUT2D eigenvalue weighted by Crippen LogP contribution is -2.58. The van der Waals surface area contributed by atoms with Crippen molar-refractivity contribution in [2.24, 2.45) is 11.1 Å². The molecule has 1 aromatic heterocycles. The average Bonchev–Trinajstić information content (AvgIpc) is 3.49. The average molecular weight is 494 g/mol. The summed E-state index contributed by atoms with van der Waals surface area (Å²) in [6, 6.07) is 9.25. The monoisotopic (exact) mass is 493 g/mol. The number of carbonyl (C=O) groups excluding carboxylic acids is 2. The number of urea groups is 1. The van der Waals surface area contributed by atoms with Crippen LogP contribution in [0, 0.1) is 5.41 Å². The van der Waals surface area contributed by atoms with Gasteiger partial charge in [-0.2, -0.15) is 4.98 Å². The molecule has 36 heavy (non-hydrogen) atoms. The minimum atomic E-state index is -0.939. The van der Waals surface area contributed by atoms with Crippen LogP contribution in [0.3, 0.4) is 0 Å². The van der Waals surface area contributed by atoms with Crippen molar-refractivity contribution in [3.8, 4) is 5.69 Å². The molecule has 0 unspecified atom stereocenters. The maximum Gasteiger partial charge on any atom is 0.354 e. The molecule has 0 bridgehead atoms. The highest BCUT2D eigenvalue weighted by Crippen LogP contribution is 2.52. The van der Waals surface area contributed by atoms with E-state index < -0.39 is 11.2 Å². The van der Waals surface area contributed by atoms with E-state index in [0.29, 0.717) is 31.6 Å². The Hall–Kier alpha value is -3.24. The third-order valence-corrected chi connectivity index (χ3v) is 7.54. The van der Waals surface area contributed by atoms with Gasteiger partial charge in [0.05, 0.1) is 11.2 Å². The van der Waals surface area contributed by atoms with Crippen LogP contribution >= 0.6 is 0 Å². The Morgan fingerprint density at radius 2 is 1.67 bits per heavy atom. The molecule has 2 saturated heterocycles. The predicted octanol–water partition coefficient (Wildman–Crippen LogP) is 1.63. The fourth-order valence-electron chi connectivity index (χ4n) is 5.15. The Bertz CT molecular complexity index is 1190. The molecule has 0 radical (unpaired) electrons. The number of nitrogens with one attached hydrogen (secondary N) is 1. The van der Waals surface area contributed by atoms with Crippen LogP contribution in [0.5, 0.6) is 0 Å². The SMILES string of the molecule is CC(C)(N)C(=O)N1CCN(C(=O)Nc2ccn(-c3ccc(CN4CCC5(CC5)C4)cc3)c(=O)n2)CC1. The van der Waals surface area contributed by atoms with Gasteiger partial charge < -0.3 is 15.5 Å². The minimum absolute atomic E-state index is 0.136. The highest BCUT2D eigenvalue weighted by Gasteiger charge is 2.47. The van der Waals surface area contributed by atoms with E-state index in [0.717, 1.165) is 18.8 Å². The number of hydrogen-bond acceptors (Lipinski definition) is 6. The van der Waals surface area contributed by atoms with E-state index in [2.05, 4.69) is 27.3 Å². The Morgan fingerprint density at radius 3 is 2.25 bits per heavy atom. The highest BCUT2D eigenvalue weighted by atomic mass is 16.2. The molecule has 3 aliphatic rings. The molecule has 1 aromatic carbocycles. The smallest absolute Gasteiger partial charge is 0.338 e. The summed E-state index contributed by atoms with van der Waals surface area (Å²) in [7, 11) is 0. The quantitative estimate of drug-likeness (QED) is 0.654. The zero-order chi connectivity index (χ0) is 25.5. The molecular weight excluding hydrogens is 458 g/mol. The first-order valence-corrected chi connectivity index (χ1v) is 12.7. The second kappa shape index (κ2) is 9.33. The Labute approximate surface area is 211 Å². The van der Waals surface area contributed by atoms with Crippen molar-refractivity contribution in [1.29, 1.82) is 0 Å². The molecule has 10 nitrogen and oxygen atoms in total. The summed E-state index contributed by atoms with van der Waals surface area (Å²) in [5.74, 6) is 0.0612. The maximum atomic E-state index is 12.7. The number of piperazine rings is 1. The maximum absolute atomic E-state index is 12.7. The van der Waals surface area contributed by atoms with Crippen LogP contribution in [-0.2, 0) is 11.3 Å². The van der Waals surface area contributed by atoms with Crippen LogP contribution < -0.4 is 16.7 Å². The van der Waals surface area contributed by atoms with Gasteiger partial charge in [-0.3, -0.25) is 19.6 Å². The standard InChI is InChI=1S/C26H35N7O3/c1-25(2,27)22(34)31-13-15-32(16-14-31)23(35)28-21-7-11-33(24(36)29-21)20-5-3-19(4-6-20)17-30-12-10-26(18-30)8-9-26/h3-7,11H,8-10,12-18,27H2,1-2H3,(H,28,29,35,36). The van der Waals surface area contributed by atoms with Gasteiger partial charge in [0, 0.05) is 45.5 Å². The number of likely N-dealkylation sites (tertiary alicyclic amines) is 1. The molecule has 5 rings (SSSR count). The molecule has 3 N–H and O–H groups in total. The first kappa shape index (κ1) is 24.5. The second-order valence-corrected chi connectivity index (χ2v) is 11.0. The van der Waals surface area contributed by atoms with E-state index in [-0.39, 0.29) is 17.8 Å². The molecular formula is C26H35N7O3. The minimum Gasteiger partial charge on any atom is -0.338 e. The number of rotatable bonds is 5. The van der Waals surface area contributed by atoms with Crippen molar-refractivity contribution in [2.45, 2.75) is 45.2 Å². The van der Waals surface area contributed by atoms with Gasteiger partial charge >= 0.3 is 11.7 Å². The molecule has 3 heterocycles. The van der Waals surface area contributed by atoms with Gasteiger partial charge in [-0.25, -0.2) is 9.59 Å². The van der Waals surface area contributed by atoms with Gasteiger partial charge in [0.2, 0.25) is 5.91 Å². The lowest BCUT2D eigenvalue weighted by atomic mass is 10.1. The van der Waals surface area contributed by atoms with Crippen molar-refractivity contribution in [1.82, 2.24) is 24.3 Å². The normalized spacial score (nSPS) is 19.5. The number of amides is 3. The van der Waals surface area contributed by atoms with Crippen LogP contribution in [0.1, 0.15) is 38.7 Å². The van der Waals surface area contributed by atoms with Crippen molar-refractivity contribution >= 4 is 17.8 Å². The van der Waals surface area contributed by atoms with Crippen LogP contribution in [0.4, 0.5) is 10.6 Å². The number of aromatic nitrogens is 2. The van der Waals surface area contributed by atoms with Gasteiger partial charge in [-0.15, -0.1) is 0 Å². The lowest BCUT2D eigenvalue weighted by molar-refractivity contribution is -0.137. The van der Waals surface area contributed by atoms with Gasteiger partial charge in [-0.1, -0.05) is 12.1 Å². The summed E-state index contributed by atoms with van der Waals surface area (Å²) >= 11 is 0.